The third-order valence-corrected chi connectivity index (χ3v) is 4.97. The fourth-order valence-electron chi connectivity index (χ4n) is 2.70. The third kappa shape index (κ3) is 2.78. The van der Waals surface area contributed by atoms with Gasteiger partial charge >= 0.3 is 5.69 Å². The number of nitrogens with one attached hydrogen (secondary N) is 1. The molecule has 1 N–H and O–H groups in total. The van der Waals surface area contributed by atoms with E-state index in [1.54, 1.807) is 25.4 Å². The van der Waals surface area contributed by atoms with Gasteiger partial charge in [-0.2, -0.15) is 0 Å². The average molecular weight is 358 g/mol. The molecule has 7 nitrogen and oxygen atoms in total. The first-order valence-electron chi connectivity index (χ1n) is 7.76. The first-order chi connectivity index (χ1) is 11.8. The van der Waals surface area contributed by atoms with Crippen molar-refractivity contribution in [2.45, 2.75) is 19.8 Å². The Bertz CT molecular complexity index is 1080. The van der Waals surface area contributed by atoms with Gasteiger partial charge in [0.05, 0.1) is 10.6 Å². The van der Waals surface area contributed by atoms with Gasteiger partial charge < -0.3 is 5.32 Å². The number of amides is 1. The topological polar surface area (TPSA) is 86.0 Å². The van der Waals surface area contributed by atoms with Gasteiger partial charge in [0.25, 0.3) is 11.5 Å². The van der Waals surface area contributed by atoms with E-state index in [4.69, 9.17) is 0 Å². The number of carbonyl (C=O) groups is 1. The molecule has 0 aromatic carbocycles. The predicted molar refractivity (Wildman–Crippen MR) is 98.6 cm³/mol. The van der Waals surface area contributed by atoms with Crippen molar-refractivity contribution in [3.05, 3.63) is 55.0 Å². The van der Waals surface area contributed by atoms with Crippen LogP contribution >= 0.6 is 11.3 Å². The standard InChI is InChI=1S/C17H18N4O3S/c1-9(2)10-8-18-14-12(16(23)21(4)17(24)20(14)3)13(10)19-15(22)11-6-5-7-25-11/h5-9H,1-4H3,(H,18,19,22). The molecule has 130 valence electrons. The molecule has 3 aromatic heterocycles. The van der Waals surface area contributed by atoms with Crippen LogP contribution in [0.4, 0.5) is 5.69 Å². The van der Waals surface area contributed by atoms with Gasteiger partial charge in [-0.05, 0) is 22.9 Å². The maximum absolute atomic E-state index is 12.7. The van der Waals surface area contributed by atoms with Crippen LogP contribution in [0.1, 0.15) is 35.0 Å². The van der Waals surface area contributed by atoms with Crippen molar-refractivity contribution < 1.29 is 4.79 Å². The van der Waals surface area contributed by atoms with E-state index >= 15 is 0 Å². The molecule has 0 spiro atoms. The summed E-state index contributed by atoms with van der Waals surface area (Å²) in [5.74, 6) is -0.252. The molecule has 3 rings (SSSR count). The Morgan fingerprint density at radius 3 is 2.56 bits per heavy atom. The molecule has 0 aliphatic heterocycles. The number of thiophene rings is 1. The molecule has 1 amide bonds. The number of aryl methyl sites for hydroxylation is 1. The molecular formula is C17H18N4O3S. The number of hydrogen-bond donors (Lipinski definition) is 1. The van der Waals surface area contributed by atoms with Crippen LogP contribution in [0.2, 0.25) is 0 Å². The Balaban J connectivity index is 2.34. The van der Waals surface area contributed by atoms with Gasteiger partial charge in [0.2, 0.25) is 0 Å². The Morgan fingerprint density at radius 1 is 1.24 bits per heavy atom. The highest BCUT2D eigenvalue weighted by Crippen LogP contribution is 2.29. The highest BCUT2D eigenvalue weighted by Gasteiger charge is 2.21. The number of carbonyl (C=O) groups excluding carboxylic acids is 1. The Hall–Kier alpha value is -2.74. The molecule has 3 aromatic rings. The van der Waals surface area contributed by atoms with Gasteiger partial charge in [0, 0.05) is 20.3 Å². The first kappa shape index (κ1) is 17.1. The second kappa shape index (κ2) is 6.29. The lowest BCUT2D eigenvalue weighted by atomic mass is 10.0. The van der Waals surface area contributed by atoms with Crippen molar-refractivity contribution in [3.8, 4) is 0 Å². The highest BCUT2D eigenvalue weighted by molar-refractivity contribution is 7.12. The predicted octanol–water partition coefficient (Wildman–Crippen LogP) is 2.07. The summed E-state index contributed by atoms with van der Waals surface area (Å²) in [7, 11) is 2.97. The van der Waals surface area contributed by atoms with Gasteiger partial charge in [-0.3, -0.25) is 18.7 Å². The van der Waals surface area contributed by atoms with Crippen molar-refractivity contribution in [2.24, 2.45) is 14.1 Å². The maximum atomic E-state index is 12.7. The van der Waals surface area contributed by atoms with Crippen LogP contribution < -0.4 is 16.6 Å². The molecule has 0 bridgehead atoms. The van der Waals surface area contributed by atoms with Crippen LogP contribution in [0, 0.1) is 0 Å². The van der Waals surface area contributed by atoms with Gasteiger partial charge in [-0.25, -0.2) is 9.78 Å². The lowest BCUT2D eigenvalue weighted by Crippen LogP contribution is -2.38. The fourth-order valence-corrected chi connectivity index (χ4v) is 3.32. The van der Waals surface area contributed by atoms with Gasteiger partial charge in [-0.15, -0.1) is 11.3 Å². The number of nitrogens with zero attached hydrogens (tertiary/aromatic N) is 3. The van der Waals surface area contributed by atoms with Crippen LogP contribution in [-0.4, -0.2) is 20.0 Å². The van der Waals surface area contributed by atoms with E-state index in [0.717, 1.165) is 10.1 Å². The Labute approximate surface area is 147 Å². The minimum atomic E-state index is -0.477. The lowest BCUT2D eigenvalue weighted by molar-refractivity contribution is 0.103. The number of anilines is 1. The van der Waals surface area contributed by atoms with Crippen molar-refractivity contribution in [2.75, 3.05) is 5.32 Å². The lowest BCUT2D eigenvalue weighted by Gasteiger charge is -2.17. The molecule has 0 unspecified atom stereocenters. The number of rotatable bonds is 3. The first-order valence-corrected chi connectivity index (χ1v) is 8.64. The zero-order chi connectivity index (χ0) is 18.3. The van der Waals surface area contributed by atoms with Gasteiger partial charge in [0.15, 0.2) is 5.65 Å². The molecular weight excluding hydrogens is 340 g/mol. The molecule has 0 fully saturated rings. The van der Waals surface area contributed by atoms with E-state index in [0.29, 0.717) is 10.6 Å². The molecule has 0 radical (unpaired) electrons. The number of fused-ring (bicyclic) bond motifs is 1. The van der Waals surface area contributed by atoms with Crippen LogP contribution in [0.5, 0.6) is 0 Å². The van der Waals surface area contributed by atoms with Gasteiger partial charge in [-0.1, -0.05) is 19.9 Å². The largest absolute Gasteiger partial charge is 0.332 e. The SMILES string of the molecule is CC(C)c1cnc2c(c1NC(=O)c1cccs1)c(=O)n(C)c(=O)n2C. The summed E-state index contributed by atoms with van der Waals surface area (Å²) in [6.07, 6.45) is 1.61. The fraction of sp³-hybridized carbons (Fsp3) is 0.294. The second-order valence-corrected chi connectivity index (χ2v) is 7.03. The van der Waals surface area contributed by atoms with Crippen molar-refractivity contribution >= 4 is 34.0 Å². The summed E-state index contributed by atoms with van der Waals surface area (Å²) in [6.45, 7) is 3.91. The normalized spacial score (nSPS) is 11.2. The Kier molecular flexibility index (Phi) is 4.30. The molecule has 0 aliphatic carbocycles. The number of aromatic nitrogens is 3. The molecule has 25 heavy (non-hydrogen) atoms. The van der Waals surface area contributed by atoms with Crippen LogP contribution in [0.3, 0.4) is 0 Å². The number of pyridine rings is 1. The van der Waals surface area contributed by atoms with Crippen LogP contribution in [0.25, 0.3) is 11.0 Å². The van der Waals surface area contributed by atoms with E-state index < -0.39 is 11.2 Å². The minimum Gasteiger partial charge on any atom is -0.320 e. The van der Waals surface area contributed by atoms with Crippen molar-refractivity contribution in [1.82, 2.24) is 14.1 Å². The van der Waals surface area contributed by atoms with E-state index in [9.17, 15) is 14.4 Å². The molecule has 0 saturated carbocycles. The maximum Gasteiger partial charge on any atom is 0.332 e. The third-order valence-electron chi connectivity index (χ3n) is 4.10. The monoisotopic (exact) mass is 358 g/mol. The second-order valence-electron chi connectivity index (χ2n) is 6.08. The molecule has 0 aliphatic rings. The van der Waals surface area contributed by atoms with E-state index in [1.165, 1.54) is 23.0 Å². The molecule has 8 heteroatoms. The quantitative estimate of drug-likeness (QED) is 0.777. The van der Waals surface area contributed by atoms with Gasteiger partial charge in [0.1, 0.15) is 5.39 Å². The average Bonchev–Trinajstić information content (AvgIpc) is 3.12. The summed E-state index contributed by atoms with van der Waals surface area (Å²) in [5.41, 5.74) is 0.467. The van der Waals surface area contributed by atoms with Crippen LogP contribution in [-0.2, 0) is 14.1 Å². The minimum absolute atomic E-state index is 0.0393. The van der Waals surface area contributed by atoms with E-state index in [1.807, 2.05) is 19.2 Å². The van der Waals surface area contributed by atoms with E-state index in [2.05, 4.69) is 10.3 Å². The zero-order valence-corrected chi connectivity index (χ0v) is 15.2. The number of hydrogen-bond acceptors (Lipinski definition) is 5. The summed E-state index contributed by atoms with van der Waals surface area (Å²) in [5, 5.41) is 4.90. The smallest absolute Gasteiger partial charge is 0.320 e. The molecule has 0 saturated heterocycles. The molecule has 0 atom stereocenters. The van der Waals surface area contributed by atoms with Crippen molar-refractivity contribution in [1.29, 1.82) is 0 Å². The summed E-state index contributed by atoms with van der Waals surface area (Å²) in [4.78, 5) is 42.3. The zero-order valence-electron chi connectivity index (χ0n) is 14.4. The summed E-state index contributed by atoms with van der Waals surface area (Å²) >= 11 is 1.32. The van der Waals surface area contributed by atoms with Crippen LogP contribution in [0.15, 0.2) is 33.3 Å². The summed E-state index contributed by atoms with van der Waals surface area (Å²) in [6, 6.07) is 3.50. The summed E-state index contributed by atoms with van der Waals surface area (Å²) < 4.78 is 2.33. The Morgan fingerprint density at radius 2 is 1.96 bits per heavy atom. The highest BCUT2D eigenvalue weighted by atomic mass is 32.1. The van der Waals surface area contributed by atoms with Crippen molar-refractivity contribution in [3.63, 3.8) is 0 Å². The molecule has 3 heterocycles. The van der Waals surface area contributed by atoms with E-state index in [-0.39, 0.29) is 22.9 Å².